The number of likely N-dealkylation sites (N-methyl/N-ethyl adjacent to an activating group) is 1. The topological polar surface area (TPSA) is 67.3 Å². The number of fused-ring (bicyclic) bond motifs is 2. The molecule has 1 saturated heterocycles. The van der Waals surface area contributed by atoms with Gasteiger partial charge in [0.15, 0.2) is 0 Å². The van der Waals surface area contributed by atoms with Crippen molar-refractivity contribution < 1.29 is 9.84 Å². The highest BCUT2D eigenvalue weighted by Gasteiger charge is 2.44. The lowest BCUT2D eigenvalue weighted by atomic mass is 9.85. The van der Waals surface area contributed by atoms with Gasteiger partial charge in [-0.05, 0) is 39.5 Å². The second-order valence-corrected chi connectivity index (χ2v) is 7.91. The number of ether oxygens (including phenoxy) is 1. The van der Waals surface area contributed by atoms with Crippen LogP contribution >= 0.6 is 0 Å². The van der Waals surface area contributed by atoms with E-state index in [4.69, 9.17) is 14.7 Å². The number of rotatable bonds is 3. The molecule has 2 aliphatic rings. The average molecular weight is 377 g/mol. The first kappa shape index (κ1) is 18.8. The predicted octanol–water partition coefficient (Wildman–Crippen LogP) is 3.42. The molecular weight excluding hydrogens is 350 g/mol. The highest BCUT2D eigenvalue weighted by Crippen LogP contribution is 2.38. The largest absolute Gasteiger partial charge is 0.485 e. The summed E-state index contributed by atoms with van der Waals surface area (Å²) in [7, 11) is 0. The summed E-state index contributed by atoms with van der Waals surface area (Å²) in [5, 5.41) is 14.3. The molecule has 0 saturated carbocycles. The van der Waals surface area contributed by atoms with Gasteiger partial charge in [-0.25, -0.2) is 4.98 Å². The number of nitrogens with zero attached hydrogens (tertiary/aromatic N) is 2. The maximum atomic E-state index is 10.9. The molecule has 1 aromatic heterocycles. The van der Waals surface area contributed by atoms with Gasteiger partial charge in [-0.3, -0.25) is 4.98 Å². The van der Waals surface area contributed by atoms with Gasteiger partial charge in [0.05, 0.1) is 28.8 Å². The lowest BCUT2D eigenvalue weighted by molar-refractivity contribution is -0.0959. The molecule has 5 heteroatoms. The first-order valence-electron chi connectivity index (χ1n) is 9.86. The standard InChI is InChI=1S/C23H27N3O2/c1-5-24-21-16-13-18-17(11-12-19(16)28-23(3,4)22(21)27)25-14(2)20(26-18)15-9-7-6-8-10-15/h6-10,12-13,21-22,24,27H,5,11H2,1-4H3. The van der Waals surface area contributed by atoms with Crippen molar-refractivity contribution in [1.29, 1.82) is 0 Å². The SMILES string of the molecule is CCNC1C2=Cc3nc(-c4ccccc4)c(C)nc3CC=C2OC(C)(C)C1O. The third-order valence-corrected chi connectivity index (χ3v) is 5.44. The van der Waals surface area contributed by atoms with Gasteiger partial charge in [-0.2, -0.15) is 0 Å². The molecule has 2 atom stereocenters. The summed E-state index contributed by atoms with van der Waals surface area (Å²) in [6, 6.07) is 9.90. The molecule has 1 aromatic carbocycles. The Labute approximate surface area is 166 Å². The lowest BCUT2D eigenvalue weighted by Crippen LogP contribution is -2.57. The van der Waals surface area contributed by atoms with E-state index in [-0.39, 0.29) is 6.04 Å². The fourth-order valence-electron chi connectivity index (χ4n) is 3.94. The van der Waals surface area contributed by atoms with Crippen LogP contribution in [0.4, 0.5) is 0 Å². The molecule has 2 aromatic rings. The van der Waals surface area contributed by atoms with Crippen LogP contribution < -0.4 is 5.32 Å². The molecule has 28 heavy (non-hydrogen) atoms. The minimum absolute atomic E-state index is 0.214. The zero-order valence-corrected chi connectivity index (χ0v) is 16.9. The second kappa shape index (κ2) is 7.15. The fourth-order valence-corrected chi connectivity index (χ4v) is 3.94. The first-order chi connectivity index (χ1) is 13.4. The third-order valence-electron chi connectivity index (χ3n) is 5.44. The van der Waals surface area contributed by atoms with Gasteiger partial charge in [0, 0.05) is 17.6 Å². The van der Waals surface area contributed by atoms with Crippen LogP contribution in [0.5, 0.6) is 0 Å². The minimum atomic E-state index is -0.668. The number of aliphatic hydroxyl groups is 1. The zero-order chi connectivity index (χ0) is 19.9. The quantitative estimate of drug-likeness (QED) is 0.858. The van der Waals surface area contributed by atoms with Gasteiger partial charge in [0.1, 0.15) is 17.5 Å². The average Bonchev–Trinajstić information content (AvgIpc) is 2.84. The van der Waals surface area contributed by atoms with Crippen molar-refractivity contribution in [2.75, 3.05) is 6.54 Å². The van der Waals surface area contributed by atoms with Gasteiger partial charge >= 0.3 is 0 Å². The molecule has 0 amide bonds. The molecule has 1 fully saturated rings. The fraction of sp³-hybridized carbons (Fsp3) is 0.391. The summed E-state index contributed by atoms with van der Waals surface area (Å²) in [5.41, 5.74) is 4.88. The Morgan fingerprint density at radius 2 is 1.96 bits per heavy atom. The van der Waals surface area contributed by atoms with Gasteiger partial charge in [0.25, 0.3) is 0 Å². The van der Waals surface area contributed by atoms with Crippen molar-refractivity contribution >= 4 is 6.08 Å². The number of aryl methyl sites for hydroxylation is 1. The molecule has 0 bridgehead atoms. The Morgan fingerprint density at radius 3 is 2.68 bits per heavy atom. The molecule has 1 aliphatic heterocycles. The van der Waals surface area contributed by atoms with E-state index < -0.39 is 11.7 Å². The smallest absolute Gasteiger partial charge is 0.131 e. The Kier molecular flexibility index (Phi) is 4.81. The molecule has 2 unspecified atom stereocenters. The van der Waals surface area contributed by atoms with Crippen LogP contribution in [0.2, 0.25) is 0 Å². The van der Waals surface area contributed by atoms with Gasteiger partial charge in [-0.15, -0.1) is 0 Å². The Bertz CT molecular complexity index is 948. The van der Waals surface area contributed by atoms with Crippen molar-refractivity contribution in [1.82, 2.24) is 15.3 Å². The molecule has 2 N–H and O–H groups in total. The summed E-state index contributed by atoms with van der Waals surface area (Å²) in [4.78, 5) is 9.80. The number of nitrogens with one attached hydrogen (secondary N) is 1. The third kappa shape index (κ3) is 3.25. The Balaban J connectivity index is 1.84. The van der Waals surface area contributed by atoms with Crippen LogP contribution in [-0.4, -0.2) is 39.4 Å². The van der Waals surface area contributed by atoms with E-state index in [2.05, 4.69) is 11.4 Å². The van der Waals surface area contributed by atoms with Crippen molar-refractivity contribution in [3.8, 4) is 11.3 Å². The van der Waals surface area contributed by atoms with E-state index in [9.17, 15) is 5.11 Å². The van der Waals surface area contributed by atoms with Gasteiger partial charge < -0.3 is 15.2 Å². The van der Waals surface area contributed by atoms with Gasteiger partial charge in [-0.1, -0.05) is 37.3 Å². The number of benzene rings is 1. The van der Waals surface area contributed by atoms with E-state index in [1.54, 1.807) is 0 Å². The molecule has 5 nitrogen and oxygen atoms in total. The number of allylic oxidation sites excluding steroid dienone is 1. The van der Waals surface area contributed by atoms with E-state index in [0.29, 0.717) is 6.42 Å². The number of hydrogen-bond donors (Lipinski definition) is 2. The van der Waals surface area contributed by atoms with E-state index >= 15 is 0 Å². The molecule has 4 rings (SSSR count). The monoisotopic (exact) mass is 377 g/mol. The molecular formula is C23H27N3O2. The van der Waals surface area contributed by atoms with Crippen molar-refractivity contribution in [3.63, 3.8) is 0 Å². The van der Waals surface area contributed by atoms with Crippen LogP contribution in [0.25, 0.3) is 17.3 Å². The van der Waals surface area contributed by atoms with E-state index in [1.807, 2.05) is 64.1 Å². The zero-order valence-electron chi connectivity index (χ0n) is 16.9. The number of aromatic nitrogens is 2. The summed E-state index contributed by atoms with van der Waals surface area (Å²) in [6.45, 7) is 8.64. The summed E-state index contributed by atoms with van der Waals surface area (Å²) in [5.74, 6) is 0.806. The second-order valence-electron chi connectivity index (χ2n) is 7.91. The van der Waals surface area contributed by atoms with Crippen molar-refractivity contribution in [2.24, 2.45) is 0 Å². The van der Waals surface area contributed by atoms with Crippen LogP contribution in [0.15, 0.2) is 47.7 Å². The minimum Gasteiger partial charge on any atom is -0.485 e. The van der Waals surface area contributed by atoms with Crippen LogP contribution in [-0.2, 0) is 11.2 Å². The molecule has 0 radical (unpaired) electrons. The highest BCUT2D eigenvalue weighted by molar-refractivity contribution is 5.67. The lowest BCUT2D eigenvalue weighted by Gasteiger charge is -2.44. The normalized spacial score (nSPS) is 22.9. The van der Waals surface area contributed by atoms with Crippen LogP contribution in [0.1, 0.15) is 37.9 Å². The molecule has 2 heterocycles. The van der Waals surface area contributed by atoms with Crippen molar-refractivity contribution in [2.45, 2.75) is 51.9 Å². The molecule has 146 valence electrons. The number of hydrogen-bond acceptors (Lipinski definition) is 5. The summed E-state index contributed by atoms with van der Waals surface area (Å²) < 4.78 is 6.17. The van der Waals surface area contributed by atoms with Crippen LogP contribution in [0.3, 0.4) is 0 Å². The Hall–Kier alpha value is -2.50. The molecule has 1 aliphatic carbocycles. The first-order valence-corrected chi connectivity index (χ1v) is 9.86. The van der Waals surface area contributed by atoms with Gasteiger partial charge in [0.2, 0.25) is 0 Å². The maximum Gasteiger partial charge on any atom is 0.131 e. The molecule has 0 spiro atoms. The highest BCUT2D eigenvalue weighted by atomic mass is 16.5. The maximum absolute atomic E-state index is 10.9. The van der Waals surface area contributed by atoms with Crippen LogP contribution in [0, 0.1) is 6.92 Å². The number of aliphatic hydroxyl groups excluding tert-OH is 1. The summed E-state index contributed by atoms with van der Waals surface area (Å²) >= 11 is 0. The van der Waals surface area contributed by atoms with E-state index in [0.717, 1.165) is 46.2 Å². The predicted molar refractivity (Wildman–Crippen MR) is 111 cm³/mol. The summed E-state index contributed by atoms with van der Waals surface area (Å²) in [6.07, 6.45) is 4.08. The van der Waals surface area contributed by atoms with E-state index in [1.165, 1.54) is 0 Å². The Morgan fingerprint density at radius 1 is 1.21 bits per heavy atom. The van der Waals surface area contributed by atoms with Crippen molar-refractivity contribution in [3.05, 3.63) is 64.8 Å².